The van der Waals surface area contributed by atoms with Gasteiger partial charge in [0.25, 0.3) is 5.91 Å². The quantitative estimate of drug-likeness (QED) is 0.759. The van der Waals surface area contributed by atoms with E-state index < -0.39 is 0 Å². The number of nitrogens with one attached hydrogen (secondary N) is 1. The molecule has 6 heteroatoms. The Labute approximate surface area is 98.9 Å². The van der Waals surface area contributed by atoms with Crippen LogP contribution in [0.2, 0.25) is 0 Å². The van der Waals surface area contributed by atoms with Gasteiger partial charge in [0.2, 0.25) is 5.91 Å². The fourth-order valence-electron chi connectivity index (χ4n) is 1.92. The minimum absolute atomic E-state index is 0.0148. The number of amides is 2. The Hall–Kier alpha value is -1.85. The van der Waals surface area contributed by atoms with Crippen molar-refractivity contribution in [3.8, 4) is 0 Å². The van der Waals surface area contributed by atoms with Crippen molar-refractivity contribution in [3.05, 3.63) is 17.0 Å². The number of nitrogens with zero attached hydrogens (tertiary/aromatic N) is 2. The molecule has 0 bridgehead atoms. The van der Waals surface area contributed by atoms with Crippen LogP contribution in [0.4, 0.5) is 0 Å². The SMILES string of the molecule is Cc1noc(C)c1C(=O)N1CCNC(=O)CC1. The highest BCUT2D eigenvalue weighted by molar-refractivity contribution is 5.96. The molecule has 0 aliphatic carbocycles. The van der Waals surface area contributed by atoms with Gasteiger partial charge in [0.15, 0.2) is 0 Å². The maximum Gasteiger partial charge on any atom is 0.259 e. The summed E-state index contributed by atoms with van der Waals surface area (Å²) in [6.45, 7) is 4.91. The number of aryl methyl sites for hydroxylation is 2. The Morgan fingerprint density at radius 3 is 2.82 bits per heavy atom. The lowest BCUT2D eigenvalue weighted by molar-refractivity contribution is -0.120. The molecule has 2 amide bonds. The van der Waals surface area contributed by atoms with Crippen LogP contribution in [0.5, 0.6) is 0 Å². The molecule has 1 fully saturated rings. The topological polar surface area (TPSA) is 75.4 Å². The maximum atomic E-state index is 12.2. The van der Waals surface area contributed by atoms with E-state index in [0.29, 0.717) is 43.1 Å². The van der Waals surface area contributed by atoms with E-state index in [1.807, 2.05) is 0 Å². The first kappa shape index (κ1) is 11.6. The van der Waals surface area contributed by atoms with Gasteiger partial charge in [0.05, 0.1) is 5.69 Å². The zero-order valence-electron chi connectivity index (χ0n) is 9.95. The van der Waals surface area contributed by atoms with Crippen LogP contribution in [0.15, 0.2) is 4.52 Å². The zero-order valence-corrected chi connectivity index (χ0v) is 9.95. The van der Waals surface area contributed by atoms with Crippen molar-refractivity contribution < 1.29 is 14.1 Å². The average molecular weight is 237 g/mol. The molecule has 92 valence electrons. The number of hydrogen-bond donors (Lipinski definition) is 1. The van der Waals surface area contributed by atoms with Gasteiger partial charge in [0.1, 0.15) is 11.3 Å². The largest absolute Gasteiger partial charge is 0.361 e. The van der Waals surface area contributed by atoms with Gasteiger partial charge in [-0.1, -0.05) is 5.16 Å². The summed E-state index contributed by atoms with van der Waals surface area (Å²) in [4.78, 5) is 25.1. The van der Waals surface area contributed by atoms with E-state index in [2.05, 4.69) is 10.5 Å². The lowest BCUT2D eigenvalue weighted by Gasteiger charge is -2.19. The molecule has 17 heavy (non-hydrogen) atoms. The average Bonchev–Trinajstić information content (AvgIpc) is 2.51. The molecule has 1 aromatic rings. The molecule has 2 heterocycles. The summed E-state index contributed by atoms with van der Waals surface area (Å²) >= 11 is 0. The first-order valence-corrected chi connectivity index (χ1v) is 5.58. The number of carbonyl (C=O) groups excluding carboxylic acids is 2. The molecule has 0 aromatic carbocycles. The van der Waals surface area contributed by atoms with Gasteiger partial charge in [0, 0.05) is 26.1 Å². The van der Waals surface area contributed by atoms with Crippen LogP contribution in [0.1, 0.15) is 28.2 Å². The van der Waals surface area contributed by atoms with Crippen molar-refractivity contribution in [1.82, 2.24) is 15.4 Å². The minimum Gasteiger partial charge on any atom is -0.361 e. The first-order valence-electron chi connectivity index (χ1n) is 5.58. The standard InChI is InChI=1S/C11H15N3O3/c1-7-10(8(2)17-13-7)11(16)14-5-3-9(15)12-4-6-14/h3-6H2,1-2H3,(H,12,15). The van der Waals surface area contributed by atoms with Crippen LogP contribution < -0.4 is 5.32 Å². The Balaban J connectivity index is 2.17. The molecule has 1 aliphatic heterocycles. The van der Waals surface area contributed by atoms with E-state index in [0.717, 1.165) is 0 Å². The van der Waals surface area contributed by atoms with Crippen molar-refractivity contribution in [1.29, 1.82) is 0 Å². The first-order chi connectivity index (χ1) is 8.09. The van der Waals surface area contributed by atoms with Gasteiger partial charge in [-0.25, -0.2) is 0 Å². The normalized spacial score (nSPS) is 16.6. The lowest BCUT2D eigenvalue weighted by Crippen LogP contribution is -2.34. The maximum absolute atomic E-state index is 12.2. The molecule has 1 N–H and O–H groups in total. The second-order valence-corrected chi connectivity index (χ2v) is 4.09. The van der Waals surface area contributed by atoms with E-state index in [-0.39, 0.29) is 11.8 Å². The molecule has 0 unspecified atom stereocenters. The van der Waals surface area contributed by atoms with Crippen LogP contribution >= 0.6 is 0 Å². The summed E-state index contributed by atoms with van der Waals surface area (Å²) in [7, 11) is 0. The molecule has 0 atom stereocenters. The van der Waals surface area contributed by atoms with Crippen LogP contribution in [0, 0.1) is 13.8 Å². The van der Waals surface area contributed by atoms with Gasteiger partial charge in [-0.15, -0.1) is 0 Å². The third-order valence-electron chi connectivity index (χ3n) is 2.85. The predicted molar refractivity (Wildman–Crippen MR) is 59.5 cm³/mol. The van der Waals surface area contributed by atoms with Crippen LogP contribution in [0.3, 0.4) is 0 Å². The van der Waals surface area contributed by atoms with Gasteiger partial charge in [-0.3, -0.25) is 9.59 Å². The van der Waals surface area contributed by atoms with E-state index in [4.69, 9.17) is 4.52 Å². The smallest absolute Gasteiger partial charge is 0.259 e. The monoisotopic (exact) mass is 237 g/mol. The Kier molecular flexibility index (Phi) is 3.12. The number of carbonyl (C=O) groups is 2. The third kappa shape index (κ3) is 2.30. The molecule has 1 saturated heterocycles. The molecule has 1 aliphatic rings. The Bertz CT molecular complexity index is 433. The second-order valence-electron chi connectivity index (χ2n) is 4.09. The van der Waals surface area contributed by atoms with Crippen LogP contribution in [0.25, 0.3) is 0 Å². The summed E-state index contributed by atoms with van der Waals surface area (Å²) in [6.07, 6.45) is 0.342. The fourth-order valence-corrected chi connectivity index (χ4v) is 1.92. The van der Waals surface area contributed by atoms with E-state index in [1.54, 1.807) is 18.7 Å². The summed E-state index contributed by atoms with van der Waals surface area (Å²) in [6, 6.07) is 0. The van der Waals surface area contributed by atoms with Gasteiger partial charge < -0.3 is 14.7 Å². The van der Waals surface area contributed by atoms with E-state index in [1.165, 1.54) is 0 Å². The van der Waals surface area contributed by atoms with Crippen molar-refractivity contribution in [3.63, 3.8) is 0 Å². The van der Waals surface area contributed by atoms with Gasteiger partial charge >= 0.3 is 0 Å². The number of rotatable bonds is 1. The lowest BCUT2D eigenvalue weighted by atomic mass is 10.1. The molecular weight excluding hydrogens is 222 g/mol. The summed E-state index contributed by atoms with van der Waals surface area (Å²) in [5.74, 6) is 0.396. The molecular formula is C11H15N3O3. The number of hydrogen-bond acceptors (Lipinski definition) is 4. The second kappa shape index (κ2) is 4.57. The Morgan fingerprint density at radius 1 is 1.41 bits per heavy atom. The fraction of sp³-hybridized carbons (Fsp3) is 0.545. The third-order valence-corrected chi connectivity index (χ3v) is 2.85. The van der Waals surface area contributed by atoms with Crippen molar-refractivity contribution in [2.45, 2.75) is 20.3 Å². The van der Waals surface area contributed by atoms with Crippen molar-refractivity contribution in [2.24, 2.45) is 0 Å². The molecule has 1 aromatic heterocycles. The van der Waals surface area contributed by atoms with E-state index in [9.17, 15) is 9.59 Å². The van der Waals surface area contributed by atoms with Gasteiger partial charge in [-0.2, -0.15) is 0 Å². The molecule has 6 nitrogen and oxygen atoms in total. The van der Waals surface area contributed by atoms with E-state index >= 15 is 0 Å². The highest BCUT2D eigenvalue weighted by Crippen LogP contribution is 2.15. The van der Waals surface area contributed by atoms with Crippen molar-refractivity contribution in [2.75, 3.05) is 19.6 Å². The highest BCUT2D eigenvalue weighted by atomic mass is 16.5. The Morgan fingerprint density at radius 2 is 2.18 bits per heavy atom. The summed E-state index contributed by atoms with van der Waals surface area (Å²) in [5, 5.41) is 6.50. The van der Waals surface area contributed by atoms with Gasteiger partial charge in [-0.05, 0) is 13.8 Å². The highest BCUT2D eigenvalue weighted by Gasteiger charge is 2.24. The van der Waals surface area contributed by atoms with Crippen LogP contribution in [-0.2, 0) is 4.79 Å². The molecule has 0 saturated carbocycles. The summed E-state index contributed by atoms with van der Waals surface area (Å²) < 4.78 is 4.98. The molecule has 0 spiro atoms. The summed E-state index contributed by atoms with van der Waals surface area (Å²) in [5.41, 5.74) is 1.11. The molecule has 0 radical (unpaired) electrons. The van der Waals surface area contributed by atoms with Crippen LogP contribution in [-0.4, -0.2) is 41.5 Å². The number of aromatic nitrogens is 1. The predicted octanol–water partition coefficient (Wildman–Crippen LogP) is 0.254. The zero-order chi connectivity index (χ0) is 12.4. The minimum atomic E-state index is -0.113. The van der Waals surface area contributed by atoms with Crippen molar-refractivity contribution >= 4 is 11.8 Å². The molecule has 2 rings (SSSR count).